The molecule has 0 spiro atoms. The third-order valence-electron chi connectivity index (χ3n) is 5.20. The third kappa shape index (κ3) is 5.66. The predicted octanol–water partition coefficient (Wildman–Crippen LogP) is 7.86. The lowest BCUT2D eigenvalue weighted by Crippen LogP contribution is -2.50. The van der Waals surface area contributed by atoms with E-state index in [1.807, 2.05) is 0 Å². The van der Waals surface area contributed by atoms with E-state index in [-0.39, 0.29) is 0 Å². The van der Waals surface area contributed by atoms with Crippen molar-refractivity contribution in [2.75, 3.05) is 0 Å². The van der Waals surface area contributed by atoms with Crippen LogP contribution in [0.3, 0.4) is 0 Å². The lowest BCUT2D eigenvalue weighted by atomic mass is 9.91. The quantitative estimate of drug-likeness (QED) is 0.333. The molecule has 0 saturated carbocycles. The second kappa shape index (κ2) is 8.96. The first-order valence-corrected chi connectivity index (χ1v) is 18.6. The minimum atomic E-state index is -1.20. The molecule has 1 aliphatic rings. The summed E-state index contributed by atoms with van der Waals surface area (Å²) in [7, 11) is -0.871. The van der Waals surface area contributed by atoms with E-state index in [2.05, 4.69) is 124 Å². The van der Waals surface area contributed by atoms with Crippen LogP contribution in [0.5, 0.6) is 0 Å². The van der Waals surface area contributed by atoms with Crippen LogP contribution in [0.25, 0.3) is 5.57 Å². The van der Waals surface area contributed by atoms with Gasteiger partial charge in [0, 0.05) is 0 Å². The highest BCUT2D eigenvalue weighted by Gasteiger charge is 2.36. The molecule has 0 aromatic heterocycles. The zero-order chi connectivity index (χ0) is 21.1. The van der Waals surface area contributed by atoms with Gasteiger partial charge in [0.05, 0.1) is 16.1 Å². The Morgan fingerprint density at radius 1 is 0.621 bits per heavy atom. The molecule has 0 fully saturated rings. The van der Waals surface area contributed by atoms with Crippen LogP contribution >= 0.6 is 8.20 Å². The fourth-order valence-corrected chi connectivity index (χ4v) is 19.3. The zero-order valence-electron chi connectivity index (χ0n) is 18.6. The molecule has 29 heavy (non-hydrogen) atoms. The van der Waals surface area contributed by atoms with E-state index >= 15 is 0 Å². The Labute approximate surface area is 180 Å². The van der Waals surface area contributed by atoms with Crippen molar-refractivity contribution < 1.29 is 0 Å². The SMILES string of the molecule is C[Si](C)(C)C(P=C1C=CC(=C(c2ccccc2)c2ccccc2)C=C1)[Si](C)(C)C. The van der Waals surface area contributed by atoms with Gasteiger partial charge in [0.2, 0.25) is 0 Å². The largest absolute Gasteiger partial charge is 0.0992 e. The van der Waals surface area contributed by atoms with Crippen LogP contribution in [0.15, 0.2) is 90.5 Å². The van der Waals surface area contributed by atoms with Crippen molar-refractivity contribution in [3.63, 3.8) is 0 Å². The predicted molar refractivity (Wildman–Crippen MR) is 140 cm³/mol. The van der Waals surface area contributed by atoms with Gasteiger partial charge in [-0.15, -0.1) is 0 Å². The molecule has 0 aliphatic heterocycles. The van der Waals surface area contributed by atoms with Crippen molar-refractivity contribution >= 4 is 35.2 Å². The highest BCUT2D eigenvalue weighted by molar-refractivity contribution is 7.51. The van der Waals surface area contributed by atoms with Crippen molar-refractivity contribution in [3.05, 3.63) is 102 Å². The van der Waals surface area contributed by atoms with Gasteiger partial charge in [-0.2, -0.15) is 0 Å². The number of benzene rings is 2. The molecule has 0 atom stereocenters. The first-order chi connectivity index (χ1) is 13.7. The maximum atomic E-state index is 2.54. The van der Waals surface area contributed by atoms with E-state index < -0.39 is 16.1 Å². The Hall–Kier alpha value is -1.74. The van der Waals surface area contributed by atoms with E-state index in [9.17, 15) is 0 Å². The first-order valence-electron chi connectivity index (χ1n) is 10.5. The van der Waals surface area contributed by atoms with Gasteiger partial charge in [-0.25, -0.2) is 0 Å². The summed E-state index contributed by atoms with van der Waals surface area (Å²) in [6, 6.07) is 21.5. The number of allylic oxidation sites excluding steroid dienone is 5. The maximum Gasteiger partial charge on any atom is 0.0536 e. The van der Waals surface area contributed by atoms with Gasteiger partial charge < -0.3 is 0 Å². The number of rotatable bonds is 5. The number of hydrogen-bond acceptors (Lipinski definition) is 0. The van der Waals surface area contributed by atoms with Crippen molar-refractivity contribution in [3.8, 4) is 0 Å². The fraction of sp³-hybridized carbons (Fsp3) is 0.269. The summed E-state index contributed by atoms with van der Waals surface area (Å²) in [5, 5.41) is 1.46. The Morgan fingerprint density at radius 3 is 1.41 bits per heavy atom. The average molecular weight is 433 g/mol. The van der Waals surface area contributed by atoms with Crippen molar-refractivity contribution in [2.45, 2.75) is 44.2 Å². The van der Waals surface area contributed by atoms with E-state index in [1.54, 1.807) is 0 Å². The third-order valence-corrected chi connectivity index (χ3v) is 20.0. The van der Waals surface area contributed by atoms with Crippen LogP contribution in [-0.2, 0) is 0 Å². The summed E-state index contributed by atoms with van der Waals surface area (Å²) in [6.45, 7) is 15.2. The Balaban J connectivity index is 2.03. The molecule has 0 unspecified atom stereocenters. The van der Waals surface area contributed by atoms with E-state index in [1.165, 1.54) is 35.8 Å². The molecule has 150 valence electrons. The molecule has 0 amide bonds. The minimum absolute atomic E-state index is 0.868. The molecule has 0 nitrogen and oxygen atoms in total. The van der Waals surface area contributed by atoms with Gasteiger partial charge in [0.1, 0.15) is 0 Å². The molecule has 0 N–H and O–H groups in total. The Morgan fingerprint density at radius 2 is 1.03 bits per heavy atom. The smallest absolute Gasteiger partial charge is 0.0536 e. The van der Waals surface area contributed by atoms with Crippen molar-refractivity contribution in [1.82, 2.24) is 0 Å². The summed E-state index contributed by atoms with van der Waals surface area (Å²) in [6.07, 6.45) is 9.36. The molecular weight excluding hydrogens is 399 g/mol. The van der Waals surface area contributed by atoms with Crippen LogP contribution < -0.4 is 0 Å². The summed E-state index contributed by atoms with van der Waals surface area (Å²) in [4.78, 5) is 0.868. The molecule has 2 aromatic carbocycles. The van der Waals surface area contributed by atoms with E-state index in [0.717, 1.165) is 4.91 Å². The normalized spacial score (nSPS) is 14.7. The maximum absolute atomic E-state index is 2.54. The molecule has 1 aliphatic carbocycles. The molecule has 0 saturated heterocycles. The van der Waals surface area contributed by atoms with Gasteiger partial charge in [-0.05, 0) is 32.5 Å². The van der Waals surface area contributed by atoms with Gasteiger partial charge in [0.25, 0.3) is 0 Å². The lowest BCUT2D eigenvalue weighted by molar-refractivity contribution is 1.46. The minimum Gasteiger partial charge on any atom is -0.0992 e. The topological polar surface area (TPSA) is 0 Å². The van der Waals surface area contributed by atoms with E-state index in [4.69, 9.17) is 0 Å². The molecule has 3 heteroatoms. The molecule has 2 aromatic rings. The summed E-state index contributed by atoms with van der Waals surface area (Å²) in [5.41, 5.74) is 5.14. The van der Waals surface area contributed by atoms with Crippen LogP contribution in [0.1, 0.15) is 11.1 Å². The number of hydrogen-bond donors (Lipinski definition) is 0. The highest BCUT2D eigenvalue weighted by atomic mass is 31.1. The lowest BCUT2D eigenvalue weighted by Gasteiger charge is -2.36. The average Bonchev–Trinajstić information content (AvgIpc) is 2.67. The van der Waals surface area contributed by atoms with Crippen molar-refractivity contribution in [1.29, 1.82) is 0 Å². The van der Waals surface area contributed by atoms with Crippen LogP contribution in [0.4, 0.5) is 0 Å². The standard InChI is InChI=1S/C26H33PSi2/c1-28(2,3)26(29(4,5)6)27-24-19-17-23(18-20-24)25(21-13-9-7-10-14-21)22-15-11-8-12-16-22/h7-20,26H,1-6H3. The summed E-state index contributed by atoms with van der Waals surface area (Å²) in [5.74, 6) is 0. The highest BCUT2D eigenvalue weighted by Crippen LogP contribution is 2.34. The zero-order valence-corrected chi connectivity index (χ0v) is 21.5. The monoisotopic (exact) mass is 432 g/mol. The van der Waals surface area contributed by atoms with Gasteiger partial charge in [0.15, 0.2) is 0 Å². The van der Waals surface area contributed by atoms with Gasteiger partial charge in [-0.3, -0.25) is 0 Å². The fourth-order valence-electron chi connectivity index (χ4n) is 4.26. The van der Waals surface area contributed by atoms with Crippen LogP contribution in [-0.4, -0.2) is 26.3 Å². The van der Waals surface area contributed by atoms with Crippen LogP contribution in [0.2, 0.25) is 39.3 Å². The Kier molecular flexibility index (Phi) is 6.78. The second-order valence-corrected chi connectivity index (χ2v) is 23.4. The molecule has 3 rings (SSSR count). The van der Waals surface area contributed by atoms with Gasteiger partial charge >= 0.3 is 0 Å². The Bertz CT molecular complexity index is 880. The second-order valence-electron chi connectivity index (χ2n) is 9.92. The van der Waals surface area contributed by atoms with Crippen LogP contribution in [0, 0.1) is 0 Å². The molecular formula is C26H33PSi2. The van der Waals surface area contributed by atoms with Crippen molar-refractivity contribution in [2.24, 2.45) is 0 Å². The molecule has 0 radical (unpaired) electrons. The van der Waals surface area contributed by atoms with Gasteiger partial charge in [-0.1, -0.05) is 132 Å². The summed E-state index contributed by atoms with van der Waals surface area (Å²) >= 11 is 0. The molecule has 0 bridgehead atoms. The summed E-state index contributed by atoms with van der Waals surface area (Å²) < 4.78 is 0. The van der Waals surface area contributed by atoms with E-state index in [0.29, 0.717) is 0 Å². The molecule has 0 heterocycles. The first kappa shape index (κ1) is 22.0.